The average Bonchev–Trinajstić information content (AvgIpc) is 2.88. The molecule has 2 aliphatic heterocycles. The van der Waals surface area contributed by atoms with Crippen LogP contribution in [0.1, 0.15) is 48.3 Å². The molecule has 166 valence electrons. The first-order valence-corrected chi connectivity index (χ1v) is 11.1. The van der Waals surface area contributed by atoms with Gasteiger partial charge in [0.25, 0.3) is 11.8 Å². The number of carbonyl (C=O) groups is 3. The standard InChI is InChI=1S/C27H24N2O4/c30-25(20-9-5-2-6-10-20)28-13-15-29(16-14-28)26(31)21-11-12-23-22(17-21)18-24(33-27(23)32)19-7-3-1-4-8-19/h1-12,17,24H,13-16,18H2. The second-order valence-corrected chi connectivity index (χ2v) is 8.33. The molecule has 3 aromatic rings. The van der Waals surface area contributed by atoms with Gasteiger partial charge in [-0.15, -0.1) is 0 Å². The molecule has 0 N–H and O–H groups in total. The maximum atomic E-state index is 13.2. The van der Waals surface area contributed by atoms with Crippen LogP contribution in [0.2, 0.25) is 0 Å². The summed E-state index contributed by atoms with van der Waals surface area (Å²) in [7, 11) is 0. The first-order valence-electron chi connectivity index (χ1n) is 11.1. The van der Waals surface area contributed by atoms with Crippen molar-refractivity contribution in [3.8, 4) is 0 Å². The Morgan fingerprint density at radius 2 is 1.30 bits per heavy atom. The highest BCUT2D eigenvalue weighted by molar-refractivity contribution is 5.98. The van der Waals surface area contributed by atoms with Gasteiger partial charge in [0.2, 0.25) is 0 Å². The van der Waals surface area contributed by atoms with E-state index in [0.717, 1.165) is 11.1 Å². The molecule has 0 spiro atoms. The normalized spacial score (nSPS) is 17.8. The summed E-state index contributed by atoms with van der Waals surface area (Å²) < 4.78 is 5.61. The Labute approximate surface area is 192 Å². The summed E-state index contributed by atoms with van der Waals surface area (Å²) in [6, 6.07) is 24.0. The van der Waals surface area contributed by atoms with Gasteiger partial charge in [-0.2, -0.15) is 0 Å². The highest BCUT2D eigenvalue weighted by Gasteiger charge is 2.30. The SMILES string of the molecule is O=C1OC(c2ccccc2)Cc2cc(C(=O)N3CCN(C(=O)c4ccccc4)CC3)ccc21. The fraction of sp³-hybridized carbons (Fsp3) is 0.222. The van der Waals surface area contributed by atoms with Gasteiger partial charge < -0.3 is 14.5 Å². The Balaban J connectivity index is 1.28. The third-order valence-electron chi connectivity index (χ3n) is 6.27. The number of carbonyl (C=O) groups excluding carboxylic acids is 3. The topological polar surface area (TPSA) is 66.9 Å². The van der Waals surface area contributed by atoms with Crippen LogP contribution in [0.3, 0.4) is 0 Å². The van der Waals surface area contributed by atoms with Crippen molar-refractivity contribution < 1.29 is 19.1 Å². The first-order chi connectivity index (χ1) is 16.1. The van der Waals surface area contributed by atoms with Crippen LogP contribution in [0.5, 0.6) is 0 Å². The Morgan fingerprint density at radius 3 is 1.94 bits per heavy atom. The molecule has 6 heteroatoms. The minimum absolute atomic E-state index is 0.0121. The lowest BCUT2D eigenvalue weighted by molar-refractivity contribution is 0.0252. The van der Waals surface area contributed by atoms with Crippen LogP contribution in [-0.2, 0) is 11.2 Å². The summed E-state index contributed by atoms with van der Waals surface area (Å²) in [5.74, 6) is -0.459. The smallest absolute Gasteiger partial charge is 0.339 e. The summed E-state index contributed by atoms with van der Waals surface area (Å²) in [6.45, 7) is 1.94. The van der Waals surface area contributed by atoms with Crippen molar-refractivity contribution in [3.05, 3.63) is 107 Å². The molecule has 0 aliphatic carbocycles. The number of esters is 1. The van der Waals surface area contributed by atoms with Crippen molar-refractivity contribution >= 4 is 17.8 Å². The van der Waals surface area contributed by atoms with Crippen molar-refractivity contribution in [2.45, 2.75) is 12.5 Å². The number of ether oxygens (including phenoxy) is 1. The molecule has 0 radical (unpaired) electrons. The van der Waals surface area contributed by atoms with Gasteiger partial charge in [-0.25, -0.2) is 4.79 Å². The molecule has 6 nitrogen and oxygen atoms in total. The van der Waals surface area contributed by atoms with E-state index in [9.17, 15) is 14.4 Å². The monoisotopic (exact) mass is 440 g/mol. The molecule has 2 aliphatic rings. The van der Waals surface area contributed by atoms with Gasteiger partial charge in [-0.1, -0.05) is 48.5 Å². The van der Waals surface area contributed by atoms with Gasteiger partial charge in [0.05, 0.1) is 5.56 Å². The van der Waals surface area contributed by atoms with Crippen LogP contribution in [-0.4, -0.2) is 53.8 Å². The molecule has 2 heterocycles. The molecular weight excluding hydrogens is 416 g/mol. The Kier molecular flexibility index (Phi) is 5.65. The van der Waals surface area contributed by atoms with Crippen molar-refractivity contribution in [1.29, 1.82) is 0 Å². The highest BCUT2D eigenvalue weighted by atomic mass is 16.5. The number of cyclic esters (lactones) is 1. The Hall–Kier alpha value is -3.93. The zero-order valence-corrected chi connectivity index (χ0v) is 18.1. The van der Waals surface area contributed by atoms with E-state index in [-0.39, 0.29) is 23.9 Å². The number of benzene rings is 3. The lowest BCUT2D eigenvalue weighted by atomic mass is 9.93. The lowest BCUT2D eigenvalue weighted by Crippen LogP contribution is -2.50. The number of amides is 2. The van der Waals surface area contributed by atoms with E-state index in [0.29, 0.717) is 49.3 Å². The number of hydrogen-bond acceptors (Lipinski definition) is 4. The van der Waals surface area contributed by atoms with Gasteiger partial charge in [0.15, 0.2) is 0 Å². The summed E-state index contributed by atoms with van der Waals surface area (Å²) in [4.78, 5) is 41.9. The molecule has 2 amide bonds. The van der Waals surface area contributed by atoms with Gasteiger partial charge in [0.1, 0.15) is 6.10 Å². The average molecular weight is 440 g/mol. The van der Waals surface area contributed by atoms with E-state index < -0.39 is 0 Å². The van der Waals surface area contributed by atoms with Crippen molar-refractivity contribution in [2.75, 3.05) is 26.2 Å². The molecule has 0 bridgehead atoms. The lowest BCUT2D eigenvalue weighted by Gasteiger charge is -2.35. The molecule has 1 unspecified atom stereocenters. The number of fused-ring (bicyclic) bond motifs is 1. The predicted octanol–water partition coefficient (Wildman–Crippen LogP) is 3.74. The second kappa shape index (κ2) is 8.90. The summed E-state index contributed by atoms with van der Waals surface area (Å²) >= 11 is 0. The molecule has 0 saturated carbocycles. The van der Waals surface area contributed by atoms with Gasteiger partial charge in [0, 0.05) is 43.7 Å². The molecule has 1 atom stereocenters. The maximum Gasteiger partial charge on any atom is 0.339 e. The quantitative estimate of drug-likeness (QED) is 0.582. The molecular formula is C27H24N2O4. The van der Waals surface area contributed by atoms with Crippen LogP contribution in [0.25, 0.3) is 0 Å². The third-order valence-corrected chi connectivity index (χ3v) is 6.27. The summed E-state index contributed by atoms with van der Waals surface area (Å²) in [5.41, 5.74) is 3.48. The van der Waals surface area contributed by atoms with E-state index in [4.69, 9.17) is 4.74 Å². The summed E-state index contributed by atoms with van der Waals surface area (Å²) in [5, 5.41) is 0. The largest absolute Gasteiger partial charge is 0.454 e. The first kappa shape index (κ1) is 20.9. The van der Waals surface area contributed by atoms with Crippen molar-refractivity contribution in [1.82, 2.24) is 9.80 Å². The fourth-order valence-electron chi connectivity index (χ4n) is 4.44. The minimum atomic E-state index is -0.364. The van der Waals surface area contributed by atoms with Crippen LogP contribution in [0.4, 0.5) is 0 Å². The van der Waals surface area contributed by atoms with E-state index in [2.05, 4.69) is 0 Å². The number of hydrogen-bond donors (Lipinski definition) is 0. The van der Waals surface area contributed by atoms with E-state index in [1.54, 1.807) is 34.1 Å². The Bertz CT molecular complexity index is 1190. The molecule has 3 aromatic carbocycles. The van der Waals surface area contributed by atoms with Crippen LogP contribution in [0.15, 0.2) is 78.9 Å². The Morgan fingerprint density at radius 1 is 0.727 bits per heavy atom. The number of rotatable bonds is 3. The highest BCUT2D eigenvalue weighted by Crippen LogP contribution is 2.31. The summed E-state index contributed by atoms with van der Waals surface area (Å²) in [6.07, 6.45) is 0.176. The number of piperazine rings is 1. The zero-order valence-electron chi connectivity index (χ0n) is 18.1. The van der Waals surface area contributed by atoms with E-state index in [1.807, 2.05) is 54.6 Å². The van der Waals surface area contributed by atoms with Crippen LogP contribution in [0, 0.1) is 0 Å². The molecule has 1 saturated heterocycles. The van der Waals surface area contributed by atoms with E-state index >= 15 is 0 Å². The molecule has 1 fully saturated rings. The van der Waals surface area contributed by atoms with Crippen molar-refractivity contribution in [3.63, 3.8) is 0 Å². The molecule has 33 heavy (non-hydrogen) atoms. The number of nitrogens with zero attached hydrogens (tertiary/aromatic N) is 2. The third kappa shape index (κ3) is 4.24. The van der Waals surface area contributed by atoms with Crippen LogP contribution < -0.4 is 0 Å². The fourth-order valence-corrected chi connectivity index (χ4v) is 4.44. The van der Waals surface area contributed by atoms with Crippen LogP contribution >= 0.6 is 0 Å². The molecule has 5 rings (SSSR count). The second-order valence-electron chi connectivity index (χ2n) is 8.33. The van der Waals surface area contributed by atoms with Gasteiger partial charge in [-0.05, 0) is 41.5 Å². The van der Waals surface area contributed by atoms with Crippen molar-refractivity contribution in [2.24, 2.45) is 0 Å². The van der Waals surface area contributed by atoms with Gasteiger partial charge in [-0.3, -0.25) is 9.59 Å². The minimum Gasteiger partial charge on any atom is -0.454 e. The molecule has 0 aromatic heterocycles. The maximum absolute atomic E-state index is 13.2. The zero-order chi connectivity index (χ0) is 22.8. The van der Waals surface area contributed by atoms with Gasteiger partial charge >= 0.3 is 5.97 Å². The van der Waals surface area contributed by atoms with E-state index in [1.165, 1.54) is 0 Å². The predicted molar refractivity (Wildman–Crippen MR) is 123 cm³/mol.